The van der Waals surface area contributed by atoms with E-state index in [-0.39, 0.29) is 18.1 Å². The Hall–Kier alpha value is -2.23. The summed E-state index contributed by atoms with van der Waals surface area (Å²) in [6, 6.07) is 0. The number of rotatable bonds is 6. The number of hydrogen-bond donors (Lipinski definition) is 1. The quantitative estimate of drug-likeness (QED) is 0.606. The molecule has 0 fully saturated rings. The van der Waals surface area contributed by atoms with Crippen LogP contribution in [0.25, 0.3) is 0 Å². The molecule has 10 heteroatoms. The molecule has 0 spiro atoms. The molecule has 0 atom stereocenters. The largest absolute Gasteiger partial charge is 0.353 e. The molecule has 2 aromatic rings. The third-order valence-corrected chi connectivity index (χ3v) is 3.49. The van der Waals surface area contributed by atoms with Crippen LogP contribution in [0, 0.1) is 24.0 Å². The van der Waals surface area contributed by atoms with Crippen LogP contribution >= 0.6 is 15.9 Å². The molecule has 0 aliphatic rings. The summed E-state index contributed by atoms with van der Waals surface area (Å²) in [5.41, 5.74) is 0.625. The average Bonchev–Trinajstić information content (AvgIpc) is 2.94. The molecule has 1 N–H and O–H groups in total. The van der Waals surface area contributed by atoms with E-state index in [0.717, 1.165) is 4.47 Å². The van der Waals surface area contributed by atoms with Gasteiger partial charge in [-0.2, -0.15) is 10.2 Å². The Kier molecular flexibility index (Phi) is 4.91. The topological polar surface area (TPSA) is 108 Å². The van der Waals surface area contributed by atoms with Gasteiger partial charge in [0.1, 0.15) is 17.9 Å². The minimum atomic E-state index is -0.484. The first-order chi connectivity index (χ1) is 10.4. The first-order valence-electron chi connectivity index (χ1n) is 6.51. The fourth-order valence-electron chi connectivity index (χ4n) is 2.07. The highest BCUT2D eigenvalue weighted by atomic mass is 79.9. The Morgan fingerprint density at radius 1 is 1.50 bits per heavy atom. The molecule has 22 heavy (non-hydrogen) atoms. The zero-order chi connectivity index (χ0) is 16.3. The molecule has 2 rings (SSSR count). The van der Waals surface area contributed by atoms with Gasteiger partial charge in [-0.1, -0.05) is 0 Å². The van der Waals surface area contributed by atoms with Gasteiger partial charge in [0.25, 0.3) is 0 Å². The molecule has 0 saturated carbocycles. The van der Waals surface area contributed by atoms with Crippen molar-refractivity contribution >= 4 is 27.5 Å². The highest BCUT2D eigenvalue weighted by Crippen LogP contribution is 2.21. The van der Waals surface area contributed by atoms with E-state index in [9.17, 15) is 14.9 Å². The van der Waals surface area contributed by atoms with Crippen molar-refractivity contribution in [2.45, 2.75) is 26.9 Å². The van der Waals surface area contributed by atoms with Crippen molar-refractivity contribution in [3.8, 4) is 0 Å². The molecular weight excluding hydrogens is 356 g/mol. The van der Waals surface area contributed by atoms with Gasteiger partial charge in [-0.15, -0.1) is 0 Å². The average molecular weight is 371 g/mol. The first-order valence-corrected chi connectivity index (χ1v) is 7.31. The number of carbonyl (C=O) groups is 1. The molecule has 2 heterocycles. The Morgan fingerprint density at radius 3 is 2.77 bits per heavy atom. The van der Waals surface area contributed by atoms with Crippen LogP contribution in [-0.2, 0) is 17.9 Å². The fraction of sp³-hybridized carbons (Fsp3) is 0.417. The van der Waals surface area contributed by atoms with Gasteiger partial charge in [-0.25, -0.2) is 0 Å². The Balaban J connectivity index is 1.89. The van der Waals surface area contributed by atoms with E-state index in [0.29, 0.717) is 24.5 Å². The maximum absolute atomic E-state index is 11.9. The van der Waals surface area contributed by atoms with Crippen molar-refractivity contribution in [3.63, 3.8) is 0 Å². The lowest BCUT2D eigenvalue weighted by Crippen LogP contribution is -2.31. The molecule has 0 unspecified atom stereocenters. The highest BCUT2D eigenvalue weighted by Gasteiger charge is 2.22. The molecule has 0 bridgehead atoms. The van der Waals surface area contributed by atoms with Crippen LogP contribution in [0.4, 0.5) is 5.69 Å². The van der Waals surface area contributed by atoms with Gasteiger partial charge < -0.3 is 5.32 Å². The van der Waals surface area contributed by atoms with Gasteiger partial charge in [0.15, 0.2) is 0 Å². The summed E-state index contributed by atoms with van der Waals surface area (Å²) >= 11 is 3.29. The van der Waals surface area contributed by atoms with Crippen molar-refractivity contribution in [3.05, 3.63) is 38.4 Å². The maximum atomic E-state index is 11.9. The van der Waals surface area contributed by atoms with Crippen LogP contribution in [0.15, 0.2) is 16.9 Å². The van der Waals surface area contributed by atoms with Crippen LogP contribution in [0.1, 0.15) is 11.4 Å². The van der Waals surface area contributed by atoms with Gasteiger partial charge in [-0.05, 0) is 29.8 Å². The molecule has 2 aromatic heterocycles. The number of nitrogens with zero attached hydrogens (tertiary/aromatic N) is 5. The molecule has 0 aromatic carbocycles. The number of carbonyl (C=O) groups excluding carboxylic acids is 1. The second-order valence-electron chi connectivity index (χ2n) is 4.71. The van der Waals surface area contributed by atoms with Gasteiger partial charge in [0.2, 0.25) is 5.91 Å². The number of halogens is 1. The third-order valence-electron chi connectivity index (χ3n) is 3.08. The second-order valence-corrected chi connectivity index (χ2v) is 5.62. The SMILES string of the molecule is Cc1nn(CC(=O)NCCn2cc(Br)cn2)c(C)c1[N+](=O)[O-]. The van der Waals surface area contributed by atoms with Gasteiger partial charge in [0, 0.05) is 12.7 Å². The number of aryl methyl sites for hydroxylation is 1. The van der Waals surface area contributed by atoms with E-state index in [1.54, 1.807) is 30.9 Å². The number of nitrogens with one attached hydrogen (secondary N) is 1. The van der Waals surface area contributed by atoms with Gasteiger partial charge in [0.05, 0.1) is 22.1 Å². The first kappa shape index (κ1) is 16.1. The zero-order valence-corrected chi connectivity index (χ0v) is 13.7. The molecule has 0 radical (unpaired) electrons. The summed E-state index contributed by atoms with van der Waals surface area (Å²) in [4.78, 5) is 22.3. The normalized spacial score (nSPS) is 10.7. The molecular formula is C12H15BrN6O3. The van der Waals surface area contributed by atoms with Crippen molar-refractivity contribution in [1.29, 1.82) is 0 Å². The number of nitro groups is 1. The van der Waals surface area contributed by atoms with E-state index in [1.165, 1.54) is 4.68 Å². The van der Waals surface area contributed by atoms with E-state index in [2.05, 4.69) is 31.4 Å². The zero-order valence-electron chi connectivity index (χ0n) is 12.1. The fourth-order valence-corrected chi connectivity index (χ4v) is 2.40. The lowest BCUT2D eigenvalue weighted by atomic mass is 10.3. The van der Waals surface area contributed by atoms with Crippen LogP contribution in [0.3, 0.4) is 0 Å². The number of hydrogen-bond acceptors (Lipinski definition) is 5. The van der Waals surface area contributed by atoms with Crippen molar-refractivity contribution in [2.24, 2.45) is 0 Å². The Bertz CT molecular complexity index is 708. The summed E-state index contributed by atoms with van der Waals surface area (Å²) in [5.74, 6) is -0.258. The predicted molar refractivity (Wildman–Crippen MR) is 81.3 cm³/mol. The van der Waals surface area contributed by atoms with E-state index in [1.807, 2.05) is 0 Å². The Morgan fingerprint density at radius 2 is 2.23 bits per heavy atom. The van der Waals surface area contributed by atoms with Crippen LogP contribution in [0.5, 0.6) is 0 Å². The van der Waals surface area contributed by atoms with Crippen molar-refractivity contribution in [2.75, 3.05) is 6.54 Å². The van der Waals surface area contributed by atoms with E-state index < -0.39 is 4.92 Å². The number of amides is 1. The smallest absolute Gasteiger partial charge is 0.312 e. The summed E-state index contributed by atoms with van der Waals surface area (Å²) < 4.78 is 3.90. The van der Waals surface area contributed by atoms with Crippen LogP contribution in [0.2, 0.25) is 0 Å². The minimum absolute atomic E-state index is 0.0470. The Labute approximate surface area is 134 Å². The summed E-state index contributed by atoms with van der Waals surface area (Å²) in [7, 11) is 0. The van der Waals surface area contributed by atoms with Crippen molar-refractivity contribution < 1.29 is 9.72 Å². The second kappa shape index (κ2) is 6.69. The number of aromatic nitrogens is 4. The summed E-state index contributed by atoms with van der Waals surface area (Å²) in [6.45, 7) is 4.02. The summed E-state index contributed by atoms with van der Waals surface area (Å²) in [6.07, 6.45) is 3.47. The molecule has 9 nitrogen and oxygen atoms in total. The lowest BCUT2D eigenvalue weighted by molar-refractivity contribution is -0.386. The highest BCUT2D eigenvalue weighted by molar-refractivity contribution is 9.10. The van der Waals surface area contributed by atoms with Gasteiger partial charge >= 0.3 is 5.69 Å². The van der Waals surface area contributed by atoms with Crippen molar-refractivity contribution in [1.82, 2.24) is 24.9 Å². The summed E-state index contributed by atoms with van der Waals surface area (Å²) in [5, 5.41) is 21.7. The molecule has 0 aliphatic carbocycles. The maximum Gasteiger partial charge on any atom is 0.312 e. The molecule has 0 saturated heterocycles. The van der Waals surface area contributed by atoms with Crippen LogP contribution in [-0.4, -0.2) is 36.9 Å². The van der Waals surface area contributed by atoms with Gasteiger partial charge in [-0.3, -0.25) is 24.3 Å². The van der Waals surface area contributed by atoms with E-state index in [4.69, 9.17) is 0 Å². The standard InChI is InChI=1S/C12H15BrN6O3/c1-8-12(19(21)22)9(2)18(16-8)7-11(20)14-3-4-17-6-10(13)5-15-17/h5-6H,3-4,7H2,1-2H3,(H,14,20). The van der Waals surface area contributed by atoms with E-state index >= 15 is 0 Å². The molecule has 118 valence electrons. The third kappa shape index (κ3) is 3.70. The molecule has 0 aliphatic heterocycles. The lowest BCUT2D eigenvalue weighted by Gasteiger charge is -2.06. The van der Waals surface area contributed by atoms with Crippen LogP contribution < -0.4 is 5.32 Å². The minimum Gasteiger partial charge on any atom is -0.353 e. The molecule has 1 amide bonds. The monoisotopic (exact) mass is 370 g/mol. The predicted octanol–water partition coefficient (Wildman–Crippen LogP) is 1.18.